The number of benzene rings is 2. The van der Waals surface area contributed by atoms with E-state index >= 15 is 0 Å². The molecule has 1 aromatic heterocycles. The Hall–Kier alpha value is -1.42. The fourth-order valence-electron chi connectivity index (χ4n) is 2.84. The van der Waals surface area contributed by atoms with Crippen molar-refractivity contribution in [3.8, 4) is 0 Å². The first-order valence-corrected chi connectivity index (χ1v) is 13.8. The van der Waals surface area contributed by atoms with Crippen molar-refractivity contribution >= 4 is 65.0 Å². The molecule has 0 spiro atoms. The molecule has 0 N–H and O–H groups in total. The van der Waals surface area contributed by atoms with Crippen molar-refractivity contribution in [2.24, 2.45) is 4.99 Å². The van der Waals surface area contributed by atoms with Crippen LogP contribution < -0.4 is 4.80 Å². The van der Waals surface area contributed by atoms with E-state index in [2.05, 4.69) is 20.9 Å². The van der Waals surface area contributed by atoms with Crippen LogP contribution in [0.4, 0.5) is 0 Å². The largest absolute Gasteiger partial charge is 0.316 e. The monoisotopic (exact) mass is 512 g/mol. The first-order valence-electron chi connectivity index (χ1n) is 8.98. The Morgan fingerprint density at radius 3 is 2.69 bits per heavy atom. The second-order valence-corrected chi connectivity index (χ2v) is 11.6. The van der Waals surface area contributed by atoms with Crippen molar-refractivity contribution in [1.29, 1.82) is 0 Å². The zero-order valence-corrected chi connectivity index (χ0v) is 19.9. The molecule has 0 atom stereocenters. The Bertz CT molecular complexity index is 1170. The van der Waals surface area contributed by atoms with Crippen LogP contribution in [0.2, 0.25) is 0 Å². The van der Waals surface area contributed by atoms with E-state index in [4.69, 9.17) is 0 Å². The minimum Gasteiger partial charge on any atom is -0.316 e. The highest BCUT2D eigenvalue weighted by molar-refractivity contribution is 9.10. The molecule has 0 bridgehead atoms. The molecule has 0 unspecified atom stereocenters. The summed E-state index contributed by atoms with van der Waals surface area (Å²) in [5.41, 5.74) is 1.75. The lowest BCUT2D eigenvalue weighted by molar-refractivity contribution is -0.117. The van der Waals surface area contributed by atoms with Crippen molar-refractivity contribution in [3.05, 3.63) is 63.4 Å². The average Bonchev–Trinajstić information content (AvgIpc) is 3.01. The molecule has 5 nitrogen and oxygen atoms in total. The molecular formula is C20H21BrN2O3S3. The highest BCUT2D eigenvalue weighted by Gasteiger charge is 2.15. The second-order valence-electron chi connectivity index (χ2n) is 6.47. The van der Waals surface area contributed by atoms with Crippen LogP contribution in [0.1, 0.15) is 12.0 Å². The number of aromatic nitrogens is 1. The third kappa shape index (κ3) is 6.28. The van der Waals surface area contributed by atoms with Gasteiger partial charge in [0, 0.05) is 23.2 Å². The molecule has 154 valence electrons. The Morgan fingerprint density at radius 2 is 1.97 bits per heavy atom. The SMILES string of the molecule is CSCCn1c(=NC(=O)CCS(=O)(=O)Cc2ccccc2)sc2cc(Br)ccc21. The molecule has 0 saturated carbocycles. The number of carbonyl (C=O) groups excluding carboxylic acids is 1. The van der Waals surface area contributed by atoms with E-state index in [1.807, 2.05) is 35.1 Å². The number of sulfone groups is 1. The van der Waals surface area contributed by atoms with Crippen molar-refractivity contribution < 1.29 is 13.2 Å². The summed E-state index contributed by atoms with van der Waals surface area (Å²) in [5.74, 6) is 0.219. The first-order chi connectivity index (χ1) is 13.9. The van der Waals surface area contributed by atoms with Gasteiger partial charge in [-0.1, -0.05) is 57.6 Å². The number of hydrogen-bond acceptors (Lipinski definition) is 5. The van der Waals surface area contributed by atoms with Gasteiger partial charge < -0.3 is 4.57 Å². The molecule has 3 aromatic rings. The van der Waals surface area contributed by atoms with E-state index in [0.717, 1.165) is 32.6 Å². The molecule has 0 radical (unpaired) electrons. The Morgan fingerprint density at radius 1 is 1.21 bits per heavy atom. The molecule has 2 aromatic carbocycles. The van der Waals surface area contributed by atoms with Crippen LogP contribution in [0.3, 0.4) is 0 Å². The molecule has 3 rings (SSSR count). The van der Waals surface area contributed by atoms with Gasteiger partial charge in [-0.25, -0.2) is 8.42 Å². The fraction of sp³-hybridized carbons (Fsp3) is 0.300. The number of halogens is 1. The Labute approximate surface area is 186 Å². The van der Waals surface area contributed by atoms with E-state index < -0.39 is 15.7 Å². The zero-order chi connectivity index (χ0) is 20.9. The topological polar surface area (TPSA) is 68.5 Å². The molecule has 0 saturated heterocycles. The minimum absolute atomic E-state index is 0.0637. The maximum Gasteiger partial charge on any atom is 0.249 e. The minimum atomic E-state index is -3.37. The lowest BCUT2D eigenvalue weighted by Gasteiger charge is -2.04. The van der Waals surface area contributed by atoms with Crippen LogP contribution in [-0.2, 0) is 26.9 Å². The van der Waals surface area contributed by atoms with E-state index in [1.54, 1.807) is 36.0 Å². The van der Waals surface area contributed by atoms with Gasteiger partial charge in [0.15, 0.2) is 14.6 Å². The number of thioether (sulfide) groups is 1. The number of fused-ring (bicyclic) bond motifs is 1. The predicted molar refractivity (Wildman–Crippen MR) is 125 cm³/mol. The van der Waals surface area contributed by atoms with Gasteiger partial charge in [0.1, 0.15) is 0 Å². The average molecular weight is 514 g/mol. The lowest BCUT2D eigenvalue weighted by atomic mass is 10.2. The van der Waals surface area contributed by atoms with Gasteiger partial charge >= 0.3 is 0 Å². The van der Waals surface area contributed by atoms with Crippen molar-refractivity contribution in [3.63, 3.8) is 0 Å². The van der Waals surface area contributed by atoms with Crippen LogP contribution in [0.15, 0.2) is 58.0 Å². The van der Waals surface area contributed by atoms with E-state index in [1.165, 1.54) is 11.3 Å². The van der Waals surface area contributed by atoms with E-state index in [0.29, 0.717) is 4.80 Å². The summed E-state index contributed by atoms with van der Waals surface area (Å²) in [5, 5.41) is 0. The lowest BCUT2D eigenvalue weighted by Crippen LogP contribution is -2.19. The molecule has 1 heterocycles. The molecule has 0 aliphatic rings. The number of hydrogen-bond donors (Lipinski definition) is 0. The van der Waals surface area contributed by atoms with Crippen LogP contribution in [0, 0.1) is 0 Å². The summed E-state index contributed by atoms with van der Waals surface area (Å²) in [4.78, 5) is 17.3. The van der Waals surface area contributed by atoms with Gasteiger partial charge in [-0.15, -0.1) is 0 Å². The van der Waals surface area contributed by atoms with Crippen LogP contribution in [-0.4, -0.2) is 36.7 Å². The molecule has 1 amide bonds. The van der Waals surface area contributed by atoms with Gasteiger partial charge in [0.05, 0.1) is 21.7 Å². The summed E-state index contributed by atoms with van der Waals surface area (Å²) in [6.07, 6.45) is 1.92. The van der Waals surface area contributed by atoms with Crippen LogP contribution in [0.25, 0.3) is 10.2 Å². The molecule has 0 fully saturated rings. The Kier molecular flexibility index (Phi) is 7.72. The summed E-state index contributed by atoms with van der Waals surface area (Å²) in [6.45, 7) is 0.737. The quantitative estimate of drug-likeness (QED) is 0.452. The van der Waals surface area contributed by atoms with Gasteiger partial charge in [0.2, 0.25) is 5.91 Å². The number of amides is 1. The van der Waals surface area contributed by atoms with Crippen LogP contribution in [0.5, 0.6) is 0 Å². The van der Waals surface area contributed by atoms with Gasteiger partial charge in [-0.05, 0) is 30.0 Å². The third-order valence-corrected chi connectivity index (χ3v) is 7.97. The standard InChI is InChI=1S/C20H21BrN2O3S3/c1-27-11-10-23-17-8-7-16(21)13-18(17)28-20(23)22-19(24)9-12-29(25,26)14-15-5-3-2-4-6-15/h2-8,13H,9-12,14H2,1H3. The smallest absolute Gasteiger partial charge is 0.249 e. The van der Waals surface area contributed by atoms with E-state index in [-0.39, 0.29) is 17.9 Å². The van der Waals surface area contributed by atoms with Crippen LogP contribution >= 0.6 is 39.0 Å². The van der Waals surface area contributed by atoms with Crippen molar-refractivity contribution in [1.82, 2.24) is 4.57 Å². The predicted octanol–water partition coefficient (Wildman–Crippen LogP) is 4.26. The highest BCUT2D eigenvalue weighted by atomic mass is 79.9. The number of nitrogens with zero attached hydrogens (tertiary/aromatic N) is 2. The molecule has 0 aliphatic heterocycles. The number of thiazole rings is 1. The van der Waals surface area contributed by atoms with Gasteiger partial charge in [0.25, 0.3) is 0 Å². The first kappa shape index (κ1) is 22.3. The molecule has 9 heteroatoms. The number of rotatable bonds is 8. The van der Waals surface area contributed by atoms with E-state index in [9.17, 15) is 13.2 Å². The fourth-order valence-corrected chi connectivity index (χ4v) is 6.16. The van der Waals surface area contributed by atoms with Gasteiger partial charge in [-0.2, -0.15) is 16.8 Å². The van der Waals surface area contributed by atoms with Crippen molar-refractivity contribution in [2.75, 3.05) is 17.8 Å². The summed E-state index contributed by atoms with van der Waals surface area (Å²) < 4.78 is 28.7. The Balaban J connectivity index is 1.78. The maximum absolute atomic E-state index is 12.4. The molecule has 29 heavy (non-hydrogen) atoms. The normalized spacial score (nSPS) is 12.6. The molecular weight excluding hydrogens is 492 g/mol. The number of aryl methyl sites for hydroxylation is 1. The summed E-state index contributed by atoms with van der Waals surface area (Å²) in [6, 6.07) is 15.0. The summed E-state index contributed by atoms with van der Waals surface area (Å²) >= 11 is 6.63. The highest BCUT2D eigenvalue weighted by Crippen LogP contribution is 2.22. The zero-order valence-electron chi connectivity index (χ0n) is 15.9. The number of carbonyl (C=O) groups is 1. The molecule has 0 aliphatic carbocycles. The van der Waals surface area contributed by atoms with Crippen molar-refractivity contribution in [2.45, 2.75) is 18.7 Å². The maximum atomic E-state index is 12.4. The third-order valence-electron chi connectivity index (χ3n) is 4.24. The second kappa shape index (κ2) is 10.1. The summed E-state index contributed by atoms with van der Waals surface area (Å²) in [7, 11) is -3.37. The van der Waals surface area contributed by atoms with Gasteiger partial charge in [-0.3, -0.25) is 4.79 Å².